The lowest BCUT2D eigenvalue weighted by molar-refractivity contribution is 0.0185. The van der Waals surface area contributed by atoms with Gasteiger partial charge in [-0.3, -0.25) is 9.67 Å². The Morgan fingerprint density at radius 1 is 1.20 bits per heavy atom. The van der Waals surface area contributed by atoms with E-state index in [0.29, 0.717) is 13.1 Å². The molecule has 1 amide bonds. The average Bonchev–Trinajstić information content (AvgIpc) is 3.03. The van der Waals surface area contributed by atoms with Crippen LogP contribution < -0.4 is 0 Å². The van der Waals surface area contributed by atoms with Crippen LogP contribution in [0.4, 0.5) is 4.79 Å². The summed E-state index contributed by atoms with van der Waals surface area (Å²) in [6.07, 6.45) is 8.25. The first-order valence-electron chi connectivity index (χ1n) is 8.48. The van der Waals surface area contributed by atoms with Gasteiger partial charge in [0.05, 0.1) is 18.4 Å². The molecule has 0 aromatic carbocycles. The number of likely N-dealkylation sites (tertiary alicyclic amines) is 1. The molecule has 134 valence electrons. The molecule has 3 rings (SSSR count). The van der Waals surface area contributed by atoms with E-state index >= 15 is 0 Å². The molecule has 0 saturated carbocycles. The maximum absolute atomic E-state index is 12.1. The summed E-state index contributed by atoms with van der Waals surface area (Å²) in [5, 5.41) is 14.0. The van der Waals surface area contributed by atoms with Crippen molar-refractivity contribution in [3.63, 3.8) is 0 Å². The highest BCUT2D eigenvalue weighted by Gasteiger charge is 2.27. The summed E-state index contributed by atoms with van der Waals surface area (Å²) >= 11 is 0. The first kappa shape index (κ1) is 17.3. The molecule has 0 aliphatic carbocycles. The van der Waals surface area contributed by atoms with Gasteiger partial charge in [0.25, 0.3) is 0 Å². The Hall–Kier alpha value is -2.57. The van der Waals surface area contributed by atoms with E-state index in [2.05, 4.69) is 10.1 Å². The SMILES string of the molecule is CC(C)(C)OC(=O)N1CCC(n2cc(-c3cncc(O)c3)cn2)CC1. The van der Waals surface area contributed by atoms with E-state index < -0.39 is 5.60 Å². The average molecular weight is 344 g/mol. The number of aromatic hydroxyl groups is 1. The minimum Gasteiger partial charge on any atom is -0.506 e. The third-order valence-electron chi connectivity index (χ3n) is 4.15. The quantitative estimate of drug-likeness (QED) is 0.905. The molecule has 1 fully saturated rings. The lowest BCUT2D eigenvalue weighted by Gasteiger charge is -2.33. The van der Waals surface area contributed by atoms with Gasteiger partial charge in [0, 0.05) is 36.6 Å². The second kappa shape index (κ2) is 6.74. The van der Waals surface area contributed by atoms with Gasteiger partial charge in [0.15, 0.2) is 0 Å². The number of carbonyl (C=O) groups is 1. The summed E-state index contributed by atoms with van der Waals surface area (Å²) in [5.74, 6) is 0.135. The maximum atomic E-state index is 12.1. The van der Waals surface area contributed by atoms with Crippen molar-refractivity contribution in [2.24, 2.45) is 0 Å². The first-order valence-corrected chi connectivity index (χ1v) is 8.48. The van der Waals surface area contributed by atoms with Crippen LogP contribution in [0, 0.1) is 0 Å². The van der Waals surface area contributed by atoms with Gasteiger partial charge in [0.1, 0.15) is 11.4 Å². The van der Waals surface area contributed by atoms with Gasteiger partial charge in [-0.1, -0.05) is 0 Å². The molecule has 3 heterocycles. The van der Waals surface area contributed by atoms with E-state index in [1.807, 2.05) is 31.6 Å². The van der Waals surface area contributed by atoms with E-state index in [1.54, 1.807) is 23.4 Å². The van der Waals surface area contributed by atoms with Crippen LogP contribution in [-0.4, -0.2) is 49.6 Å². The normalized spacial score (nSPS) is 16.0. The Morgan fingerprint density at radius 3 is 2.56 bits per heavy atom. The minimum atomic E-state index is -0.472. The second-order valence-corrected chi connectivity index (χ2v) is 7.34. The number of nitrogens with zero attached hydrogens (tertiary/aromatic N) is 4. The number of hydrogen-bond donors (Lipinski definition) is 1. The van der Waals surface area contributed by atoms with Gasteiger partial charge in [-0.05, 0) is 39.7 Å². The van der Waals surface area contributed by atoms with Crippen molar-refractivity contribution in [3.8, 4) is 16.9 Å². The number of ether oxygens (including phenoxy) is 1. The van der Waals surface area contributed by atoms with Crippen molar-refractivity contribution in [2.45, 2.75) is 45.3 Å². The van der Waals surface area contributed by atoms with Crippen molar-refractivity contribution >= 4 is 6.09 Å². The third kappa shape index (κ3) is 4.29. The number of aromatic nitrogens is 3. The Balaban J connectivity index is 1.61. The predicted molar refractivity (Wildman–Crippen MR) is 93.2 cm³/mol. The van der Waals surface area contributed by atoms with Crippen LogP contribution in [-0.2, 0) is 4.74 Å². The zero-order chi connectivity index (χ0) is 18.0. The predicted octanol–water partition coefficient (Wildman–Crippen LogP) is 3.22. The molecule has 0 radical (unpaired) electrons. The first-order chi connectivity index (χ1) is 11.8. The number of pyridine rings is 1. The van der Waals surface area contributed by atoms with Gasteiger partial charge in [-0.2, -0.15) is 5.10 Å². The number of piperidine rings is 1. The fourth-order valence-corrected chi connectivity index (χ4v) is 2.91. The number of carbonyl (C=O) groups excluding carboxylic acids is 1. The molecule has 0 unspecified atom stereocenters. The van der Waals surface area contributed by atoms with E-state index in [-0.39, 0.29) is 17.9 Å². The summed E-state index contributed by atoms with van der Waals surface area (Å²) in [4.78, 5) is 17.9. The molecule has 0 spiro atoms. The van der Waals surface area contributed by atoms with Gasteiger partial charge in [0.2, 0.25) is 0 Å². The maximum Gasteiger partial charge on any atom is 0.410 e. The van der Waals surface area contributed by atoms with Crippen LogP contribution in [0.3, 0.4) is 0 Å². The van der Waals surface area contributed by atoms with Crippen molar-refractivity contribution < 1.29 is 14.6 Å². The van der Waals surface area contributed by atoms with E-state index in [4.69, 9.17) is 4.74 Å². The number of rotatable bonds is 2. The Bertz CT molecular complexity index is 743. The molecular formula is C18H24N4O3. The fraction of sp³-hybridized carbons (Fsp3) is 0.500. The highest BCUT2D eigenvalue weighted by molar-refractivity contribution is 5.68. The van der Waals surface area contributed by atoms with Crippen LogP contribution in [0.2, 0.25) is 0 Å². The molecule has 7 heteroatoms. The highest BCUT2D eigenvalue weighted by Crippen LogP contribution is 2.27. The molecule has 1 aliphatic heterocycles. The molecule has 1 N–H and O–H groups in total. The van der Waals surface area contributed by atoms with Crippen molar-refractivity contribution in [1.29, 1.82) is 0 Å². The van der Waals surface area contributed by atoms with Gasteiger partial charge in [-0.25, -0.2) is 4.79 Å². The molecule has 2 aromatic rings. The Labute approximate surface area is 147 Å². The summed E-state index contributed by atoms with van der Waals surface area (Å²) in [5.41, 5.74) is 1.27. The van der Waals surface area contributed by atoms with E-state index in [9.17, 15) is 9.90 Å². The van der Waals surface area contributed by atoms with E-state index in [1.165, 1.54) is 6.20 Å². The van der Waals surface area contributed by atoms with Gasteiger partial charge >= 0.3 is 6.09 Å². The highest BCUT2D eigenvalue weighted by atomic mass is 16.6. The van der Waals surface area contributed by atoms with Crippen LogP contribution in [0.1, 0.15) is 39.7 Å². The monoisotopic (exact) mass is 344 g/mol. The molecule has 1 saturated heterocycles. The molecule has 0 atom stereocenters. The van der Waals surface area contributed by atoms with E-state index in [0.717, 1.165) is 24.0 Å². The Kier molecular flexibility index (Phi) is 4.65. The van der Waals surface area contributed by atoms with Crippen molar-refractivity contribution in [2.75, 3.05) is 13.1 Å². The van der Waals surface area contributed by atoms with Crippen LogP contribution in [0.15, 0.2) is 30.9 Å². The van der Waals surface area contributed by atoms with Gasteiger partial charge in [-0.15, -0.1) is 0 Å². The Morgan fingerprint density at radius 2 is 1.92 bits per heavy atom. The zero-order valence-electron chi connectivity index (χ0n) is 14.8. The molecule has 1 aliphatic rings. The lowest BCUT2D eigenvalue weighted by Crippen LogP contribution is -2.42. The molecule has 2 aromatic heterocycles. The smallest absolute Gasteiger partial charge is 0.410 e. The van der Waals surface area contributed by atoms with Crippen LogP contribution >= 0.6 is 0 Å². The largest absolute Gasteiger partial charge is 0.506 e. The fourth-order valence-electron chi connectivity index (χ4n) is 2.91. The van der Waals surface area contributed by atoms with Gasteiger partial charge < -0.3 is 14.7 Å². The summed E-state index contributed by atoms with van der Waals surface area (Å²) < 4.78 is 7.36. The number of amides is 1. The minimum absolute atomic E-state index is 0.135. The number of hydrogen-bond acceptors (Lipinski definition) is 5. The second-order valence-electron chi connectivity index (χ2n) is 7.34. The zero-order valence-corrected chi connectivity index (χ0v) is 14.8. The standard InChI is InChI=1S/C18H24N4O3/c1-18(2,3)25-17(24)21-6-4-15(5-7-21)22-12-14(10-20-22)13-8-16(23)11-19-9-13/h8-12,15,23H,4-7H2,1-3H3. The lowest BCUT2D eigenvalue weighted by atomic mass is 10.1. The molecular weight excluding hydrogens is 320 g/mol. The summed E-state index contributed by atoms with van der Waals surface area (Å²) in [7, 11) is 0. The molecule has 25 heavy (non-hydrogen) atoms. The molecule has 0 bridgehead atoms. The topological polar surface area (TPSA) is 80.5 Å². The van der Waals surface area contributed by atoms with Crippen LogP contribution in [0.25, 0.3) is 11.1 Å². The molecule has 7 nitrogen and oxygen atoms in total. The third-order valence-corrected chi connectivity index (χ3v) is 4.15. The summed E-state index contributed by atoms with van der Waals surface area (Å²) in [6, 6.07) is 1.91. The van der Waals surface area contributed by atoms with Crippen molar-refractivity contribution in [3.05, 3.63) is 30.9 Å². The van der Waals surface area contributed by atoms with Crippen LogP contribution in [0.5, 0.6) is 5.75 Å². The van der Waals surface area contributed by atoms with Crippen molar-refractivity contribution in [1.82, 2.24) is 19.7 Å². The summed E-state index contributed by atoms with van der Waals surface area (Å²) in [6.45, 7) is 6.93.